The van der Waals surface area contributed by atoms with Crippen LogP contribution < -0.4 is 17.2 Å². The van der Waals surface area contributed by atoms with Crippen LogP contribution in [0.15, 0.2) is 33.8 Å². The summed E-state index contributed by atoms with van der Waals surface area (Å²) < 4.78 is 0.498. The van der Waals surface area contributed by atoms with Crippen LogP contribution in [-0.4, -0.2) is 78.8 Å². The summed E-state index contributed by atoms with van der Waals surface area (Å²) in [5.41, 5.74) is 18.7. The van der Waals surface area contributed by atoms with E-state index in [1.165, 1.54) is 18.5 Å². The van der Waals surface area contributed by atoms with Gasteiger partial charge in [0.2, 0.25) is 11.7 Å². The highest BCUT2D eigenvalue weighted by molar-refractivity contribution is 6.06. The van der Waals surface area contributed by atoms with Crippen molar-refractivity contribution in [2.24, 2.45) is 33.2 Å². The molecule has 1 aliphatic carbocycles. The van der Waals surface area contributed by atoms with Gasteiger partial charge in [-0.2, -0.15) is 4.59 Å². The van der Waals surface area contributed by atoms with Crippen LogP contribution in [0.4, 0.5) is 0 Å². The molecule has 2 aliphatic heterocycles. The molecule has 0 spiro atoms. The highest BCUT2D eigenvalue weighted by Gasteiger charge is 2.41. The van der Waals surface area contributed by atoms with Gasteiger partial charge < -0.3 is 22.1 Å². The van der Waals surface area contributed by atoms with Crippen molar-refractivity contribution in [3.63, 3.8) is 0 Å². The van der Waals surface area contributed by atoms with Gasteiger partial charge in [-0.25, -0.2) is 4.99 Å². The van der Waals surface area contributed by atoms with Crippen LogP contribution in [0.1, 0.15) is 12.8 Å². The van der Waals surface area contributed by atoms with Gasteiger partial charge >= 0.3 is 0 Å². The van der Waals surface area contributed by atoms with E-state index in [0.717, 1.165) is 26.2 Å². The Balaban J connectivity index is 1.61. The fourth-order valence-corrected chi connectivity index (χ4v) is 3.42. The molecule has 1 amide bonds. The molecule has 1 saturated heterocycles. The van der Waals surface area contributed by atoms with E-state index in [9.17, 15) is 4.79 Å². The Bertz CT molecular complexity index is 694. The average Bonchev–Trinajstić information content (AvgIpc) is 3.32. The zero-order valence-electron chi connectivity index (χ0n) is 15.6. The molecule has 26 heavy (non-hydrogen) atoms. The van der Waals surface area contributed by atoms with Crippen LogP contribution in [0.5, 0.6) is 0 Å². The first-order valence-corrected chi connectivity index (χ1v) is 8.98. The fraction of sp³-hybridized carbons (Fsp3) is 0.588. The summed E-state index contributed by atoms with van der Waals surface area (Å²) in [7, 11) is 4.11. The molecule has 2 fully saturated rings. The number of rotatable bonds is 5. The van der Waals surface area contributed by atoms with Crippen LogP contribution >= 0.6 is 0 Å². The Morgan fingerprint density at radius 2 is 1.92 bits per heavy atom. The zero-order chi connectivity index (χ0) is 18.9. The summed E-state index contributed by atoms with van der Waals surface area (Å²) >= 11 is 0. The van der Waals surface area contributed by atoms with Crippen LogP contribution in [0.2, 0.25) is 0 Å². The van der Waals surface area contributed by atoms with Gasteiger partial charge in [-0.3, -0.25) is 9.69 Å². The van der Waals surface area contributed by atoms with Crippen molar-refractivity contribution >= 4 is 17.6 Å². The molecule has 142 valence electrons. The fourth-order valence-electron chi connectivity index (χ4n) is 3.42. The largest absolute Gasteiger partial charge is 0.385 e. The Labute approximate surface area is 154 Å². The number of hydrogen-bond donors (Lipinski definition) is 3. The number of quaternary nitrogens is 1. The van der Waals surface area contributed by atoms with E-state index in [-0.39, 0.29) is 12.5 Å². The second-order valence-electron chi connectivity index (χ2n) is 7.53. The van der Waals surface area contributed by atoms with Gasteiger partial charge in [0.15, 0.2) is 0 Å². The first kappa shape index (κ1) is 18.4. The minimum Gasteiger partial charge on any atom is -0.385 e. The lowest BCUT2D eigenvalue weighted by atomic mass is 10.2. The molecular weight excluding hydrogens is 332 g/mol. The first-order valence-electron chi connectivity index (χ1n) is 8.98. The number of aliphatic imine (C=N–C) groups is 1. The standard InChI is InChI=1S/C17H28N8O/c1-25(2)13(12-3-4-12)9-17(22-25)21-14(18)10-15(19)24-7-5-23(6-8-24)11-16(20)26/h9-10,12H,3-8,11H2,1-2H3,(H5-,18,19,20,21,22,26)/p+1. The van der Waals surface area contributed by atoms with Gasteiger partial charge in [0.25, 0.3) is 0 Å². The molecule has 9 heteroatoms. The molecule has 0 aromatic rings. The molecule has 0 aromatic heterocycles. The molecule has 2 heterocycles. The van der Waals surface area contributed by atoms with Crippen LogP contribution in [-0.2, 0) is 4.79 Å². The minimum atomic E-state index is -0.310. The third kappa shape index (κ3) is 4.41. The highest BCUT2D eigenvalue weighted by Crippen LogP contribution is 2.42. The second-order valence-corrected chi connectivity index (χ2v) is 7.53. The van der Waals surface area contributed by atoms with Gasteiger partial charge in [0, 0.05) is 44.2 Å². The third-order valence-electron chi connectivity index (χ3n) is 4.91. The van der Waals surface area contributed by atoms with Gasteiger partial charge in [0.05, 0.1) is 20.6 Å². The molecule has 0 aromatic carbocycles. The van der Waals surface area contributed by atoms with Gasteiger partial charge in [-0.15, -0.1) is 0 Å². The van der Waals surface area contributed by atoms with Gasteiger partial charge in [-0.1, -0.05) is 5.10 Å². The molecule has 3 aliphatic rings. The van der Waals surface area contributed by atoms with Crippen LogP contribution in [0.3, 0.4) is 0 Å². The quantitative estimate of drug-likeness (QED) is 0.327. The van der Waals surface area contributed by atoms with Crippen molar-refractivity contribution in [1.29, 1.82) is 0 Å². The van der Waals surface area contributed by atoms with Crippen molar-refractivity contribution in [3.8, 4) is 0 Å². The number of carbonyl (C=O) groups is 1. The number of nitrogens with two attached hydrogens (primary N) is 3. The topological polar surface area (TPSA) is 126 Å². The molecule has 0 unspecified atom stereocenters. The summed E-state index contributed by atoms with van der Waals surface area (Å²) in [4.78, 5) is 19.5. The molecular formula is C17H29N8O+. The summed E-state index contributed by atoms with van der Waals surface area (Å²) in [6, 6.07) is 0. The van der Waals surface area contributed by atoms with Crippen molar-refractivity contribution < 1.29 is 9.39 Å². The number of allylic oxidation sites excluding steroid dienone is 1. The monoisotopic (exact) mass is 361 g/mol. The van der Waals surface area contributed by atoms with Crippen molar-refractivity contribution in [2.75, 3.05) is 46.8 Å². The molecule has 0 bridgehead atoms. The number of primary amides is 1. The lowest BCUT2D eigenvalue weighted by Crippen LogP contribution is -2.49. The van der Waals surface area contributed by atoms with Crippen molar-refractivity contribution in [2.45, 2.75) is 12.8 Å². The Morgan fingerprint density at radius 1 is 1.27 bits per heavy atom. The maximum atomic E-state index is 11.0. The average molecular weight is 361 g/mol. The predicted octanol–water partition coefficient (Wildman–Crippen LogP) is -1.06. The Hall–Kier alpha value is -2.39. The normalized spacial score (nSPS) is 24.5. The van der Waals surface area contributed by atoms with E-state index in [2.05, 4.69) is 24.2 Å². The number of carbonyl (C=O) groups excluding carboxylic acids is 1. The summed E-state index contributed by atoms with van der Waals surface area (Å²) in [6.45, 7) is 3.20. The third-order valence-corrected chi connectivity index (χ3v) is 4.91. The van der Waals surface area contributed by atoms with Crippen molar-refractivity contribution in [3.05, 3.63) is 23.7 Å². The summed E-state index contributed by atoms with van der Waals surface area (Å²) in [5, 5.41) is 4.62. The molecule has 1 saturated carbocycles. The number of nitrogens with zero attached hydrogens (tertiary/aromatic N) is 5. The lowest BCUT2D eigenvalue weighted by molar-refractivity contribution is -0.859. The Kier molecular flexibility index (Phi) is 5.01. The van der Waals surface area contributed by atoms with Crippen LogP contribution in [0.25, 0.3) is 0 Å². The maximum absolute atomic E-state index is 11.0. The number of hydrogen-bond acceptors (Lipinski definition) is 6. The molecule has 9 nitrogen and oxygen atoms in total. The molecule has 3 rings (SSSR count). The van der Waals surface area contributed by atoms with E-state index in [1.807, 2.05) is 15.9 Å². The first-order chi connectivity index (χ1) is 12.2. The SMILES string of the molecule is C[N+]1(C)N=C(N=C(N)C=C(N)N2CCN(CC(N)=O)CC2)C=C1C1CC1. The van der Waals surface area contributed by atoms with E-state index in [0.29, 0.717) is 28.0 Å². The number of piperazine rings is 1. The number of amidine groups is 2. The van der Waals surface area contributed by atoms with E-state index in [4.69, 9.17) is 17.2 Å². The summed E-state index contributed by atoms with van der Waals surface area (Å²) in [5.74, 6) is 1.87. The van der Waals surface area contributed by atoms with E-state index < -0.39 is 0 Å². The second kappa shape index (κ2) is 7.08. The van der Waals surface area contributed by atoms with Crippen molar-refractivity contribution in [1.82, 2.24) is 9.80 Å². The van der Waals surface area contributed by atoms with E-state index in [1.54, 1.807) is 6.08 Å². The Morgan fingerprint density at radius 3 is 2.50 bits per heavy atom. The van der Waals surface area contributed by atoms with Gasteiger partial charge in [-0.05, 0) is 12.8 Å². The maximum Gasteiger partial charge on any atom is 0.231 e. The lowest BCUT2D eigenvalue weighted by Gasteiger charge is -2.35. The van der Waals surface area contributed by atoms with Crippen LogP contribution in [0, 0.1) is 5.92 Å². The zero-order valence-corrected chi connectivity index (χ0v) is 15.6. The summed E-state index contributed by atoms with van der Waals surface area (Å²) in [6.07, 6.45) is 6.17. The minimum absolute atomic E-state index is 0.282. The predicted molar refractivity (Wildman–Crippen MR) is 101 cm³/mol. The smallest absolute Gasteiger partial charge is 0.231 e. The number of amides is 1. The molecule has 0 radical (unpaired) electrons. The molecule has 0 atom stereocenters. The molecule has 6 N–H and O–H groups in total. The van der Waals surface area contributed by atoms with E-state index >= 15 is 0 Å². The highest BCUT2D eigenvalue weighted by atomic mass is 16.1. The van der Waals surface area contributed by atoms with Gasteiger partial charge in [0.1, 0.15) is 17.4 Å².